The van der Waals surface area contributed by atoms with Crippen LogP contribution in [0.2, 0.25) is 0 Å². The predicted octanol–water partition coefficient (Wildman–Crippen LogP) is 0.579. The summed E-state index contributed by atoms with van der Waals surface area (Å²) in [5.74, 6) is 0. The summed E-state index contributed by atoms with van der Waals surface area (Å²) < 4.78 is 28.3. The molecule has 1 N–H and O–H groups in total. The van der Waals surface area contributed by atoms with Crippen molar-refractivity contribution in [2.75, 3.05) is 53.9 Å². The molecule has 0 radical (unpaired) electrons. The SMILES string of the molecule is CCCN(CCN(C)C)S(=O)(=O)N(C)CCCNC1CC1. The van der Waals surface area contributed by atoms with Gasteiger partial charge in [-0.05, 0) is 46.3 Å². The van der Waals surface area contributed by atoms with Crippen LogP contribution in [0.4, 0.5) is 0 Å². The van der Waals surface area contributed by atoms with E-state index < -0.39 is 10.2 Å². The Hall–Kier alpha value is -0.210. The molecule has 6 nitrogen and oxygen atoms in total. The van der Waals surface area contributed by atoms with Crippen molar-refractivity contribution in [2.24, 2.45) is 0 Å². The summed E-state index contributed by atoms with van der Waals surface area (Å²) in [6, 6.07) is 0.684. The third-order valence-corrected chi connectivity index (χ3v) is 5.64. The van der Waals surface area contributed by atoms with Crippen LogP contribution in [-0.4, -0.2) is 81.8 Å². The molecule has 0 aliphatic heterocycles. The summed E-state index contributed by atoms with van der Waals surface area (Å²) in [4.78, 5) is 2.01. The Labute approximate surface area is 130 Å². The molecule has 0 aromatic carbocycles. The number of rotatable bonds is 12. The lowest BCUT2D eigenvalue weighted by atomic mass is 10.4. The van der Waals surface area contributed by atoms with Gasteiger partial charge in [0, 0.05) is 39.3 Å². The highest BCUT2D eigenvalue weighted by atomic mass is 32.2. The van der Waals surface area contributed by atoms with Gasteiger partial charge >= 0.3 is 0 Å². The number of hydrogen-bond acceptors (Lipinski definition) is 4. The second-order valence-electron chi connectivity index (χ2n) is 6.11. The quantitative estimate of drug-likeness (QED) is 0.535. The van der Waals surface area contributed by atoms with E-state index in [0.29, 0.717) is 25.7 Å². The number of nitrogens with one attached hydrogen (secondary N) is 1. The van der Waals surface area contributed by atoms with Gasteiger partial charge in [0.2, 0.25) is 0 Å². The van der Waals surface area contributed by atoms with Crippen LogP contribution in [0.3, 0.4) is 0 Å². The van der Waals surface area contributed by atoms with Crippen molar-refractivity contribution < 1.29 is 8.42 Å². The first kappa shape index (κ1) is 18.8. The maximum absolute atomic E-state index is 12.6. The molecule has 1 fully saturated rings. The first-order valence-electron chi connectivity index (χ1n) is 7.97. The molecule has 0 aromatic rings. The second kappa shape index (κ2) is 9.05. The topological polar surface area (TPSA) is 55.9 Å². The molecule has 0 spiro atoms. The minimum absolute atomic E-state index is 0.549. The molecule has 1 rings (SSSR count). The Morgan fingerprint density at radius 3 is 2.24 bits per heavy atom. The van der Waals surface area contributed by atoms with Crippen molar-refractivity contribution in [3.05, 3.63) is 0 Å². The normalized spacial score (nSPS) is 16.3. The molecule has 0 amide bonds. The number of hydrogen-bond donors (Lipinski definition) is 1. The van der Waals surface area contributed by atoms with Crippen molar-refractivity contribution in [1.82, 2.24) is 18.8 Å². The smallest absolute Gasteiger partial charge is 0.281 e. The van der Waals surface area contributed by atoms with Crippen LogP contribution in [-0.2, 0) is 10.2 Å². The molecular formula is C14H32N4O2S. The average molecular weight is 321 g/mol. The van der Waals surface area contributed by atoms with Gasteiger partial charge in [-0.2, -0.15) is 17.0 Å². The molecule has 126 valence electrons. The molecule has 0 saturated heterocycles. The van der Waals surface area contributed by atoms with Crippen LogP contribution >= 0.6 is 0 Å². The lowest BCUT2D eigenvalue weighted by molar-refractivity contribution is 0.311. The zero-order chi connectivity index (χ0) is 15.9. The fourth-order valence-electron chi connectivity index (χ4n) is 2.11. The summed E-state index contributed by atoms with van der Waals surface area (Å²) in [5.41, 5.74) is 0. The molecule has 0 atom stereocenters. The zero-order valence-electron chi connectivity index (χ0n) is 14.0. The van der Waals surface area contributed by atoms with Gasteiger partial charge in [0.25, 0.3) is 10.2 Å². The summed E-state index contributed by atoms with van der Waals surface area (Å²) in [6.45, 7) is 5.36. The van der Waals surface area contributed by atoms with Crippen LogP contribution in [0.1, 0.15) is 32.6 Å². The first-order valence-corrected chi connectivity index (χ1v) is 9.37. The van der Waals surface area contributed by atoms with Crippen molar-refractivity contribution in [1.29, 1.82) is 0 Å². The molecule has 7 heteroatoms. The standard InChI is InChI=1S/C14H32N4O2S/c1-5-10-18(13-12-16(2)3)21(19,20)17(4)11-6-9-15-14-7-8-14/h14-15H,5-13H2,1-4H3. The highest BCUT2D eigenvalue weighted by Crippen LogP contribution is 2.18. The van der Waals surface area contributed by atoms with Gasteiger partial charge in [-0.25, -0.2) is 0 Å². The Morgan fingerprint density at radius 2 is 1.71 bits per heavy atom. The highest BCUT2D eigenvalue weighted by Gasteiger charge is 2.26. The van der Waals surface area contributed by atoms with Gasteiger partial charge in [-0.1, -0.05) is 6.92 Å². The van der Waals surface area contributed by atoms with Gasteiger partial charge in [-0.3, -0.25) is 0 Å². The van der Waals surface area contributed by atoms with Gasteiger partial charge < -0.3 is 10.2 Å². The van der Waals surface area contributed by atoms with Crippen LogP contribution < -0.4 is 5.32 Å². The Morgan fingerprint density at radius 1 is 1.05 bits per heavy atom. The molecule has 0 heterocycles. The zero-order valence-corrected chi connectivity index (χ0v) is 14.8. The van der Waals surface area contributed by atoms with Gasteiger partial charge in [0.1, 0.15) is 0 Å². The fourth-order valence-corrected chi connectivity index (χ4v) is 3.59. The lowest BCUT2D eigenvalue weighted by Gasteiger charge is -2.28. The first-order chi connectivity index (χ1) is 9.87. The van der Waals surface area contributed by atoms with Crippen LogP contribution in [0.25, 0.3) is 0 Å². The van der Waals surface area contributed by atoms with E-state index in [-0.39, 0.29) is 0 Å². The summed E-state index contributed by atoms with van der Waals surface area (Å²) in [6.07, 6.45) is 4.23. The van der Waals surface area contributed by atoms with E-state index in [2.05, 4.69) is 5.32 Å². The van der Waals surface area contributed by atoms with E-state index in [9.17, 15) is 8.42 Å². The van der Waals surface area contributed by atoms with Crippen LogP contribution in [0, 0.1) is 0 Å². The fraction of sp³-hybridized carbons (Fsp3) is 1.00. The summed E-state index contributed by atoms with van der Waals surface area (Å²) in [5, 5.41) is 3.42. The maximum Gasteiger partial charge on any atom is 0.281 e. The Bertz CT molecular complexity index is 382. The molecule has 1 aliphatic rings. The van der Waals surface area contributed by atoms with Gasteiger partial charge in [-0.15, -0.1) is 0 Å². The molecule has 1 aliphatic carbocycles. The van der Waals surface area contributed by atoms with Crippen LogP contribution in [0.5, 0.6) is 0 Å². The van der Waals surface area contributed by atoms with Crippen molar-refractivity contribution in [2.45, 2.75) is 38.6 Å². The molecule has 0 unspecified atom stereocenters. The molecule has 21 heavy (non-hydrogen) atoms. The van der Waals surface area contributed by atoms with E-state index in [4.69, 9.17) is 0 Å². The van der Waals surface area contributed by atoms with E-state index in [1.165, 1.54) is 17.1 Å². The van der Waals surface area contributed by atoms with Crippen molar-refractivity contribution in [3.8, 4) is 0 Å². The molecular weight excluding hydrogens is 288 g/mol. The Balaban J connectivity index is 2.43. The van der Waals surface area contributed by atoms with Crippen molar-refractivity contribution >= 4 is 10.2 Å². The largest absolute Gasteiger partial charge is 0.314 e. The van der Waals surface area contributed by atoms with E-state index in [0.717, 1.165) is 25.9 Å². The molecule has 0 aromatic heterocycles. The minimum atomic E-state index is -3.33. The highest BCUT2D eigenvalue weighted by molar-refractivity contribution is 7.86. The summed E-state index contributed by atoms with van der Waals surface area (Å²) >= 11 is 0. The van der Waals surface area contributed by atoms with Crippen LogP contribution in [0.15, 0.2) is 0 Å². The summed E-state index contributed by atoms with van der Waals surface area (Å²) in [7, 11) is 2.28. The van der Waals surface area contributed by atoms with E-state index >= 15 is 0 Å². The number of nitrogens with zero attached hydrogens (tertiary/aromatic N) is 3. The van der Waals surface area contributed by atoms with Gasteiger partial charge in [0.15, 0.2) is 0 Å². The van der Waals surface area contributed by atoms with E-state index in [1.54, 1.807) is 11.4 Å². The average Bonchev–Trinajstić information content (AvgIpc) is 3.22. The lowest BCUT2D eigenvalue weighted by Crippen LogP contribution is -2.45. The monoisotopic (exact) mass is 320 g/mol. The van der Waals surface area contributed by atoms with E-state index in [1.807, 2.05) is 25.9 Å². The third kappa shape index (κ3) is 7.06. The van der Waals surface area contributed by atoms with Crippen molar-refractivity contribution in [3.63, 3.8) is 0 Å². The minimum Gasteiger partial charge on any atom is -0.314 e. The maximum atomic E-state index is 12.6. The number of likely N-dealkylation sites (N-methyl/N-ethyl adjacent to an activating group) is 1. The Kier molecular flexibility index (Phi) is 8.12. The molecule has 1 saturated carbocycles. The third-order valence-electron chi connectivity index (χ3n) is 3.65. The predicted molar refractivity (Wildman–Crippen MR) is 87.6 cm³/mol. The molecule has 0 bridgehead atoms. The second-order valence-corrected chi connectivity index (χ2v) is 8.15. The van der Waals surface area contributed by atoms with Gasteiger partial charge in [0.05, 0.1) is 0 Å².